The fraction of sp³-hybridized carbons (Fsp3) is 0.227. The van der Waals surface area contributed by atoms with Crippen LogP contribution in [0.15, 0.2) is 59.0 Å². The molecular formula is C22H20N4O2. The van der Waals surface area contributed by atoms with E-state index in [1.165, 1.54) is 6.08 Å². The van der Waals surface area contributed by atoms with Crippen molar-refractivity contribution in [2.24, 2.45) is 0 Å². The molecule has 2 heterocycles. The van der Waals surface area contributed by atoms with Crippen molar-refractivity contribution in [3.8, 4) is 6.07 Å². The van der Waals surface area contributed by atoms with Gasteiger partial charge in [0.2, 0.25) is 11.8 Å². The first kappa shape index (κ1) is 17.8. The second-order valence-electron chi connectivity index (χ2n) is 6.65. The highest BCUT2D eigenvalue weighted by Crippen LogP contribution is 2.21. The zero-order chi connectivity index (χ0) is 19.3. The van der Waals surface area contributed by atoms with Gasteiger partial charge in [-0.2, -0.15) is 5.26 Å². The first-order chi connectivity index (χ1) is 13.7. The summed E-state index contributed by atoms with van der Waals surface area (Å²) >= 11 is 0. The molecule has 1 amide bonds. The maximum Gasteiger partial charge on any atom is 0.246 e. The number of nitriles is 1. The lowest BCUT2D eigenvalue weighted by atomic mass is 10.1. The third-order valence-electron chi connectivity index (χ3n) is 4.85. The van der Waals surface area contributed by atoms with Crippen LogP contribution in [0.4, 0.5) is 5.69 Å². The number of anilines is 1. The predicted octanol–water partition coefficient (Wildman–Crippen LogP) is 3.45. The van der Waals surface area contributed by atoms with E-state index in [0.29, 0.717) is 36.7 Å². The van der Waals surface area contributed by atoms with E-state index in [1.807, 2.05) is 53.4 Å². The first-order valence-electron chi connectivity index (χ1n) is 9.31. The van der Waals surface area contributed by atoms with E-state index in [4.69, 9.17) is 4.42 Å². The Morgan fingerprint density at radius 1 is 1.07 bits per heavy atom. The maximum atomic E-state index is 12.6. The normalized spacial score (nSPS) is 15.0. The highest BCUT2D eigenvalue weighted by atomic mass is 16.3. The molecule has 0 radical (unpaired) electrons. The molecule has 1 aliphatic heterocycles. The first-order valence-corrected chi connectivity index (χ1v) is 9.31. The molecule has 1 saturated heterocycles. The molecule has 1 aliphatic rings. The van der Waals surface area contributed by atoms with Crippen LogP contribution in [0.25, 0.3) is 17.2 Å². The number of benzene rings is 2. The van der Waals surface area contributed by atoms with Crippen molar-refractivity contribution in [2.45, 2.75) is 6.42 Å². The van der Waals surface area contributed by atoms with Crippen LogP contribution in [0.3, 0.4) is 0 Å². The van der Waals surface area contributed by atoms with Crippen LogP contribution in [-0.2, 0) is 4.79 Å². The van der Waals surface area contributed by atoms with Crippen molar-refractivity contribution < 1.29 is 9.21 Å². The number of carbonyl (C=O) groups excluding carboxylic acids is 1. The van der Waals surface area contributed by atoms with Crippen LogP contribution in [0.2, 0.25) is 0 Å². The van der Waals surface area contributed by atoms with Gasteiger partial charge in [-0.05, 0) is 30.7 Å². The van der Waals surface area contributed by atoms with Gasteiger partial charge in [-0.1, -0.05) is 24.3 Å². The molecule has 1 fully saturated rings. The number of para-hydroxylation sites is 3. The van der Waals surface area contributed by atoms with Gasteiger partial charge in [0.25, 0.3) is 0 Å². The molecule has 0 atom stereocenters. The van der Waals surface area contributed by atoms with Gasteiger partial charge in [0.05, 0.1) is 11.3 Å². The highest BCUT2D eigenvalue weighted by molar-refractivity contribution is 5.91. The summed E-state index contributed by atoms with van der Waals surface area (Å²) in [4.78, 5) is 21.0. The van der Waals surface area contributed by atoms with E-state index >= 15 is 0 Å². The molecule has 6 nitrogen and oxygen atoms in total. The minimum atomic E-state index is -0.0577. The van der Waals surface area contributed by atoms with Crippen molar-refractivity contribution in [1.82, 2.24) is 9.88 Å². The van der Waals surface area contributed by atoms with Crippen LogP contribution in [0, 0.1) is 11.3 Å². The SMILES string of the molecule is N#Cc1ccccc1N1CCCN(C(=O)/C=C\c2nc3ccccc3o2)CC1. The van der Waals surface area contributed by atoms with Gasteiger partial charge in [0.1, 0.15) is 11.6 Å². The van der Waals surface area contributed by atoms with E-state index in [1.54, 1.807) is 6.08 Å². The van der Waals surface area contributed by atoms with Crippen molar-refractivity contribution in [3.63, 3.8) is 0 Å². The monoisotopic (exact) mass is 372 g/mol. The Morgan fingerprint density at radius 2 is 1.89 bits per heavy atom. The van der Waals surface area contributed by atoms with E-state index < -0.39 is 0 Å². The van der Waals surface area contributed by atoms with Crippen molar-refractivity contribution in [1.29, 1.82) is 5.26 Å². The van der Waals surface area contributed by atoms with E-state index in [0.717, 1.165) is 24.2 Å². The third-order valence-corrected chi connectivity index (χ3v) is 4.85. The molecule has 140 valence electrons. The molecule has 4 rings (SSSR count). The van der Waals surface area contributed by atoms with Gasteiger partial charge in [0.15, 0.2) is 5.58 Å². The fourth-order valence-corrected chi connectivity index (χ4v) is 3.43. The Hall–Kier alpha value is -3.59. The van der Waals surface area contributed by atoms with Crippen LogP contribution in [0.1, 0.15) is 17.9 Å². The van der Waals surface area contributed by atoms with Crippen molar-refractivity contribution in [2.75, 3.05) is 31.1 Å². The van der Waals surface area contributed by atoms with E-state index in [9.17, 15) is 10.1 Å². The average Bonchev–Trinajstić information content (AvgIpc) is 2.99. The van der Waals surface area contributed by atoms with E-state index in [2.05, 4.69) is 16.0 Å². The Labute approximate surface area is 163 Å². The molecule has 6 heteroatoms. The topological polar surface area (TPSA) is 73.4 Å². The van der Waals surface area contributed by atoms with Gasteiger partial charge >= 0.3 is 0 Å². The molecule has 0 N–H and O–H groups in total. The van der Waals surface area contributed by atoms with Crippen molar-refractivity contribution >= 4 is 28.8 Å². The number of nitrogens with zero attached hydrogens (tertiary/aromatic N) is 4. The van der Waals surface area contributed by atoms with Gasteiger partial charge in [-0.15, -0.1) is 0 Å². The minimum absolute atomic E-state index is 0.0577. The summed E-state index contributed by atoms with van der Waals surface area (Å²) in [6.45, 7) is 2.80. The Morgan fingerprint density at radius 3 is 2.75 bits per heavy atom. The second-order valence-corrected chi connectivity index (χ2v) is 6.65. The lowest BCUT2D eigenvalue weighted by molar-refractivity contribution is -0.125. The molecule has 3 aromatic rings. The van der Waals surface area contributed by atoms with Gasteiger partial charge in [-0.3, -0.25) is 4.79 Å². The summed E-state index contributed by atoms with van der Waals surface area (Å²) in [5.74, 6) is 0.367. The number of hydrogen-bond acceptors (Lipinski definition) is 5. The Kier molecular flexibility index (Phi) is 5.07. The average molecular weight is 372 g/mol. The van der Waals surface area contributed by atoms with Crippen LogP contribution in [0.5, 0.6) is 0 Å². The zero-order valence-corrected chi connectivity index (χ0v) is 15.4. The Bertz CT molecular complexity index is 1030. The summed E-state index contributed by atoms with van der Waals surface area (Å²) in [7, 11) is 0. The lowest BCUT2D eigenvalue weighted by Crippen LogP contribution is -2.34. The maximum absolute atomic E-state index is 12.6. The summed E-state index contributed by atoms with van der Waals surface area (Å²) in [5.41, 5.74) is 3.08. The molecule has 0 unspecified atom stereocenters. The molecule has 1 aromatic heterocycles. The number of rotatable bonds is 3. The van der Waals surface area contributed by atoms with Crippen molar-refractivity contribution in [3.05, 3.63) is 66.1 Å². The summed E-state index contributed by atoms with van der Waals surface area (Å²) in [6.07, 6.45) is 3.99. The van der Waals surface area contributed by atoms with Gasteiger partial charge in [-0.25, -0.2) is 4.98 Å². The number of carbonyl (C=O) groups is 1. The molecule has 0 saturated carbocycles. The quantitative estimate of drug-likeness (QED) is 0.659. The summed E-state index contributed by atoms with van der Waals surface area (Å²) in [5, 5.41) is 9.33. The molecule has 2 aromatic carbocycles. The molecular weight excluding hydrogens is 352 g/mol. The second kappa shape index (κ2) is 7.97. The van der Waals surface area contributed by atoms with Gasteiger partial charge < -0.3 is 14.2 Å². The van der Waals surface area contributed by atoms with E-state index in [-0.39, 0.29) is 5.91 Å². The molecule has 0 bridgehead atoms. The highest BCUT2D eigenvalue weighted by Gasteiger charge is 2.19. The smallest absolute Gasteiger partial charge is 0.246 e. The summed E-state index contributed by atoms with van der Waals surface area (Å²) < 4.78 is 5.62. The number of hydrogen-bond donors (Lipinski definition) is 0. The number of amides is 1. The largest absolute Gasteiger partial charge is 0.437 e. The molecule has 0 spiro atoms. The number of fused-ring (bicyclic) bond motifs is 1. The van der Waals surface area contributed by atoms with Crippen LogP contribution < -0.4 is 4.90 Å². The number of aromatic nitrogens is 1. The minimum Gasteiger partial charge on any atom is -0.437 e. The van der Waals surface area contributed by atoms with Crippen LogP contribution >= 0.6 is 0 Å². The number of oxazole rings is 1. The summed E-state index contributed by atoms with van der Waals surface area (Å²) in [6, 6.07) is 17.4. The lowest BCUT2D eigenvalue weighted by Gasteiger charge is -2.24. The van der Waals surface area contributed by atoms with Gasteiger partial charge in [0, 0.05) is 38.3 Å². The van der Waals surface area contributed by atoms with Crippen LogP contribution in [-0.4, -0.2) is 42.0 Å². The standard InChI is InChI=1S/C22H20N4O2/c23-16-17-6-1-3-8-19(17)25-12-5-13-26(15-14-25)22(27)11-10-21-24-18-7-2-4-9-20(18)28-21/h1-4,6-11H,5,12-15H2/b11-10-. The third kappa shape index (κ3) is 3.74. The Balaban J connectivity index is 1.42. The molecule has 0 aliphatic carbocycles. The predicted molar refractivity (Wildman–Crippen MR) is 108 cm³/mol. The molecule has 28 heavy (non-hydrogen) atoms. The fourth-order valence-electron chi connectivity index (χ4n) is 3.43. The zero-order valence-electron chi connectivity index (χ0n) is 15.4.